The summed E-state index contributed by atoms with van der Waals surface area (Å²) in [6, 6.07) is 7.98. The molecule has 0 aliphatic carbocycles. The number of nitrogens with zero attached hydrogens (tertiary/aromatic N) is 4. The second kappa shape index (κ2) is 8.88. The molecular formula is C23H31N6O2+. The maximum absolute atomic E-state index is 13.3. The molecule has 0 spiro atoms. The van der Waals surface area contributed by atoms with Crippen molar-refractivity contribution in [2.75, 3.05) is 19.7 Å². The van der Waals surface area contributed by atoms with Crippen LogP contribution in [-0.4, -0.2) is 51.0 Å². The Morgan fingerprint density at radius 2 is 2.06 bits per heavy atom. The monoisotopic (exact) mass is 423 g/mol. The zero-order valence-electron chi connectivity index (χ0n) is 18.1. The van der Waals surface area contributed by atoms with Crippen molar-refractivity contribution in [3.05, 3.63) is 51.6 Å². The van der Waals surface area contributed by atoms with E-state index >= 15 is 0 Å². The Labute approximate surface area is 181 Å². The number of nitrogens with one attached hydrogen (secondary N) is 2. The van der Waals surface area contributed by atoms with E-state index < -0.39 is 0 Å². The molecule has 2 saturated heterocycles. The topological polar surface area (TPSA) is 90.1 Å². The SMILES string of the molecule is Cc1cccc2cc([C@@H](c3nnnn3C[C@@H]3CCCO3)[NH+]3CCCCCC3)c(=O)[nH]c12. The number of pyridine rings is 1. The number of hydrogen-bond donors (Lipinski definition) is 2. The number of likely N-dealkylation sites (tertiary alicyclic amines) is 1. The van der Waals surface area contributed by atoms with Crippen LogP contribution in [0.2, 0.25) is 0 Å². The van der Waals surface area contributed by atoms with Crippen LogP contribution >= 0.6 is 0 Å². The summed E-state index contributed by atoms with van der Waals surface area (Å²) >= 11 is 0. The molecular weight excluding hydrogens is 392 g/mol. The number of fused-ring (bicyclic) bond motifs is 1. The van der Waals surface area contributed by atoms with Crippen molar-refractivity contribution in [1.29, 1.82) is 0 Å². The largest absolute Gasteiger partial charge is 0.376 e. The fourth-order valence-electron chi connectivity index (χ4n) is 5.16. The van der Waals surface area contributed by atoms with E-state index in [0.717, 1.165) is 73.2 Å². The first-order chi connectivity index (χ1) is 15.2. The summed E-state index contributed by atoms with van der Waals surface area (Å²) in [5, 5.41) is 13.8. The molecule has 2 N–H and O–H groups in total. The Morgan fingerprint density at radius 3 is 2.84 bits per heavy atom. The van der Waals surface area contributed by atoms with E-state index in [1.807, 2.05) is 23.7 Å². The molecule has 8 nitrogen and oxygen atoms in total. The predicted octanol–water partition coefficient (Wildman–Crippen LogP) is 1.55. The summed E-state index contributed by atoms with van der Waals surface area (Å²) in [5.41, 5.74) is 2.68. The number of aryl methyl sites for hydroxylation is 1. The fraction of sp³-hybridized carbons (Fsp3) is 0.565. The van der Waals surface area contributed by atoms with Gasteiger partial charge in [0.15, 0.2) is 6.04 Å². The van der Waals surface area contributed by atoms with Gasteiger partial charge in [-0.05, 0) is 72.9 Å². The molecule has 8 heteroatoms. The first-order valence-electron chi connectivity index (χ1n) is 11.6. The summed E-state index contributed by atoms with van der Waals surface area (Å²) in [4.78, 5) is 17.9. The molecule has 0 bridgehead atoms. The average molecular weight is 424 g/mol. The fourth-order valence-corrected chi connectivity index (χ4v) is 5.16. The number of aromatic nitrogens is 5. The van der Waals surface area contributed by atoms with Crippen LogP contribution in [0.1, 0.15) is 61.5 Å². The highest BCUT2D eigenvalue weighted by Gasteiger charge is 2.35. The summed E-state index contributed by atoms with van der Waals surface area (Å²) in [6.07, 6.45) is 7.03. The normalized spacial score (nSPS) is 21.4. The lowest BCUT2D eigenvalue weighted by Crippen LogP contribution is -3.12. The lowest BCUT2D eigenvalue weighted by Gasteiger charge is -2.27. The van der Waals surface area contributed by atoms with Crippen molar-refractivity contribution < 1.29 is 9.64 Å². The second-order valence-electron chi connectivity index (χ2n) is 8.95. The van der Waals surface area contributed by atoms with Crippen molar-refractivity contribution in [1.82, 2.24) is 25.2 Å². The van der Waals surface area contributed by atoms with Crippen LogP contribution in [0, 0.1) is 6.92 Å². The molecule has 0 saturated carbocycles. The zero-order valence-corrected chi connectivity index (χ0v) is 18.1. The Hall–Kier alpha value is -2.58. The Kier molecular flexibility index (Phi) is 5.82. The Balaban J connectivity index is 1.60. The van der Waals surface area contributed by atoms with Crippen LogP contribution in [0.25, 0.3) is 10.9 Å². The van der Waals surface area contributed by atoms with Crippen LogP contribution in [0.5, 0.6) is 0 Å². The Bertz CT molecular complexity index is 1090. The van der Waals surface area contributed by atoms with E-state index in [0.29, 0.717) is 6.54 Å². The third-order valence-electron chi connectivity index (χ3n) is 6.80. The number of tetrazole rings is 1. The van der Waals surface area contributed by atoms with Gasteiger partial charge in [0.25, 0.3) is 5.56 Å². The summed E-state index contributed by atoms with van der Waals surface area (Å²) in [7, 11) is 0. The van der Waals surface area contributed by atoms with Gasteiger partial charge in [-0.25, -0.2) is 4.68 Å². The minimum atomic E-state index is -0.192. The highest BCUT2D eigenvalue weighted by atomic mass is 16.5. The van der Waals surface area contributed by atoms with Crippen molar-refractivity contribution in [3.63, 3.8) is 0 Å². The maximum Gasteiger partial charge on any atom is 0.258 e. The van der Waals surface area contributed by atoms with E-state index in [4.69, 9.17) is 4.74 Å². The maximum atomic E-state index is 13.3. The molecule has 2 fully saturated rings. The van der Waals surface area contributed by atoms with E-state index in [1.165, 1.54) is 17.7 Å². The van der Waals surface area contributed by atoms with Crippen LogP contribution in [0.3, 0.4) is 0 Å². The molecule has 5 rings (SSSR count). The number of rotatable bonds is 5. The van der Waals surface area contributed by atoms with Crippen LogP contribution in [0.4, 0.5) is 0 Å². The highest BCUT2D eigenvalue weighted by Crippen LogP contribution is 2.22. The molecule has 2 atom stereocenters. The molecule has 0 amide bonds. The summed E-state index contributed by atoms with van der Waals surface area (Å²) in [6.45, 7) is 5.49. The number of hydrogen-bond acceptors (Lipinski definition) is 5. The minimum absolute atomic E-state index is 0.0461. The van der Waals surface area contributed by atoms with Gasteiger partial charge in [-0.2, -0.15) is 0 Å². The molecule has 2 aromatic heterocycles. The average Bonchev–Trinajstić information content (AvgIpc) is 3.37. The third kappa shape index (κ3) is 4.14. The minimum Gasteiger partial charge on any atom is -0.376 e. The lowest BCUT2D eigenvalue weighted by atomic mass is 10.0. The van der Waals surface area contributed by atoms with Gasteiger partial charge < -0.3 is 14.6 Å². The number of ether oxygens (including phenoxy) is 1. The standard InChI is InChI=1S/C23H30N6O2/c1-16-8-6-9-17-14-19(23(30)24-20(16)17)21(28-11-4-2-3-5-12-28)22-25-26-27-29(22)15-18-10-7-13-31-18/h6,8-9,14,18,21H,2-5,7,10-13,15H2,1H3,(H,24,30)/p+1/t18-,21-/m0/s1. The van der Waals surface area contributed by atoms with Gasteiger partial charge in [-0.15, -0.1) is 5.10 Å². The zero-order chi connectivity index (χ0) is 21.2. The Morgan fingerprint density at radius 1 is 1.23 bits per heavy atom. The van der Waals surface area contributed by atoms with Gasteiger partial charge in [0.05, 0.1) is 36.8 Å². The summed E-state index contributed by atoms with van der Waals surface area (Å²) < 4.78 is 7.71. The van der Waals surface area contributed by atoms with E-state index in [2.05, 4.69) is 32.6 Å². The molecule has 0 radical (unpaired) electrons. The molecule has 1 aromatic carbocycles. The molecule has 2 aliphatic rings. The van der Waals surface area contributed by atoms with Gasteiger partial charge in [0, 0.05) is 6.61 Å². The van der Waals surface area contributed by atoms with Gasteiger partial charge in [0.2, 0.25) is 5.82 Å². The van der Waals surface area contributed by atoms with Crippen molar-refractivity contribution in [2.24, 2.45) is 0 Å². The van der Waals surface area contributed by atoms with Gasteiger partial charge in [0.1, 0.15) is 0 Å². The number of H-pyrrole nitrogens is 1. The first kappa shape index (κ1) is 20.3. The number of benzene rings is 1. The summed E-state index contributed by atoms with van der Waals surface area (Å²) in [5.74, 6) is 0.768. The molecule has 2 aliphatic heterocycles. The van der Waals surface area contributed by atoms with E-state index in [1.54, 1.807) is 0 Å². The molecule has 4 heterocycles. The second-order valence-corrected chi connectivity index (χ2v) is 8.95. The van der Waals surface area contributed by atoms with E-state index in [-0.39, 0.29) is 17.7 Å². The van der Waals surface area contributed by atoms with Crippen molar-refractivity contribution in [2.45, 2.75) is 64.1 Å². The van der Waals surface area contributed by atoms with Crippen LogP contribution in [0.15, 0.2) is 29.1 Å². The van der Waals surface area contributed by atoms with E-state index in [9.17, 15) is 4.79 Å². The highest BCUT2D eigenvalue weighted by molar-refractivity contribution is 5.82. The predicted molar refractivity (Wildman–Crippen MR) is 117 cm³/mol. The molecule has 3 aromatic rings. The molecule has 31 heavy (non-hydrogen) atoms. The van der Waals surface area contributed by atoms with Gasteiger partial charge in [-0.1, -0.05) is 18.2 Å². The first-order valence-corrected chi connectivity index (χ1v) is 11.6. The molecule has 164 valence electrons. The van der Waals surface area contributed by atoms with Crippen molar-refractivity contribution in [3.8, 4) is 0 Å². The van der Waals surface area contributed by atoms with Gasteiger partial charge >= 0.3 is 0 Å². The third-order valence-corrected chi connectivity index (χ3v) is 6.80. The van der Waals surface area contributed by atoms with Crippen LogP contribution < -0.4 is 10.5 Å². The quantitative estimate of drug-likeness (QED) is 0.650. The number of aromatic amines is 1. The number of quaternary nitrogens is 1. The number of para-hydroxylation sites is 1. The molecule has 0 unspecified atom stereocenters. The van der Waals surface area contributed by atoms with Gasteiger partial charge in [-0.3, -0.25) is 4.79 Å². The van der Waals surface area contributed by atoms with Crippen LogP contribution in [-0.2, 0) is 11.3 Å². The lowest BCUT2D eigenvalue weighted by molar-refractivity contribution is -0.925. The smallest absolute Gasteiger partial charge is 0.258 e. The van der Waals surface area contributed by atoms with Crippen molar-refractivity contribution >= 4 is 10.9 Å².